The number of benzene rings is 1. The van der Waals surface area contributed by atoms with Gasteiger partial charge in [0.05, 0.1) is 5.02 Å². The van der Waals surface area contributed by atoms with Gasteiger partial charge in [-0.15, -0.1) is 0 Å². The van der Waals surface area contributed by atoms with E-state index in [1.54, 1.807) is 12.1 Å². The molecule has 1 aliphatic heterocycles. The number of halogens is 2. The van der Waals surface area contributed by atoms with E-state index in [-0.39, 0.29) is 16.9 Å². The molecule has 0 saturated carbocycles. The van der Waals surface area contributed by atoms with Crippen molar-refractivity contribution in [3.63, 3.8) is 0 Å². The maximum Gasteiger partial charge on any atom is 0.141 e. The Morgan fingerprint density at radius 1 is 1.56 bits per heavy atom. The molecule has 0 radical (unpaired) electrons. The number of hydrogen-bond acceptors (Lipinski definition) is 2. The average Bonchev–Trinajstić information content (AvgIpc) is 2.85. The Labute approximate surface area is 112 Å². The Bertz CT molecular complexity index is 393. The molecular formula is C14H19ClFNO. The molecule has 2 unspecified atom stereocenters. The quantitative estimate of drug-likeness (QED) is 0.884. The van der Waals surface area contributed by atoms with Crippen molar-refractivity contribution in [1.29, 1.82) is 0 Å². The summed E-state index contributed by atoms with van der Waals surface area (Å²) in [4.78, 5) is 0. The van der Waals surface area contributed by atoms with Gasteiger partial charge in [-0.05, 0) is 49.9 Å². The first-order valence-corrected chi connectivity index (χ1v) is 6.80. The molecule has 2 rings (SSSR count). The Balaban J connectivity index is 1.79. The van der Waals surface area contributed by atoms with Crippen molar-refractivity contribution in [3.05, 3.63) is 34.6 Å². The van der Waals surface area contributed by atoms with Gasteiger partial charge in [0.25, 0.3) is 0 Å². The summed E-state index contributed by atoms with van der Waals surface area (Å²) in [5.41, 5.74) is 1.02. The number of hydrogen-bond donors (Lipinski definition) is 1. The Hall–Kier alpha value is -0.640. The Kier molecular flexibility index (Phi) is 4.98. The smallest absolute Gasteiger partial charge is 0.141 e. The molecule has 18 heavy (non-hydrogen) atoms. The molecule has 0 spiro atoms. The Morgan fingerprint density at radius 3 is 3.06 bits per heavy atom. The van der Waals surface area contributed by atoms with Crippen LogP contribution in [0.3, 0.4) is 0 Å². The standard InChI is InChI=1S/C14H19ClFNO/c1-10(12-2-3-14(16)13(15)8-12)17-6-4-11-5-7-18-9-11/h2-3,8,10-11,17H,4-7,9H2,1H3. The van der Waals surface area contributed by atoms with Crippen LogP contribution < -0.4 is 5.32 Å². The normalized spacial score (nSPS) is 21.2. The number of rotatable bonds is 5. The fourth-order valence-corrected chi connectivity index (χ4v) is 2.40. The minimum absolute atomic E-state index is 0.186. The van der Waals surface area contributed by atoms with Crippen molar-refractivity contribution < 1.29 is 9.13 Å². The Morgan fingerprint density at radius 2 is 2.39 bits per heavy atom. The molecule has 1 heterocycles. The molecule has 1 aromatic rings. The molecule has 1 fully saturated rings. The van der Waals surface area contributed by atoms with Gasteiger partial charge in [-0.25, -0.2) is 4.39 Å². The van der Waals surface area contributed by atoms with Crippen molar-refractivity contribution in [2.75, 3.05) is 19.8 Å². The topological polar surface area (TPSA) is 21.3 Å². The molecule has 1 aliphatic rings. The maximum absolute atomic E-state index is 13.1. The van der Waals surface area contributed by atoms with Crippen LogP contribution in [0.15, 0.2) is 18.2 Å². The second-order valence-electron chi connectivity index (χ2n) is 4.87. The molecule has 0 amide bonds. The van der Waals surface area contributed by atoms with Crippen molar-refractivity contribution in [1.82, 2.24) is 5.32 Å². The summed E-state index contributed by atoms with van der Waals surface area (Å²) < 4.78 is 18.4. The van der Waals surface area contributed by atoms with Gasteiger partial charge in [-0.1, -0.05) is 17.7 Å². The molecule has 0 aliphatic carbocycles. The summed E-state index contributed by atoms with van der Waals surface area (Å²) in [6.07, 6.45) is 2.29. The van der Waals surface area contributed by atoms with Crippen LogP contribution in [0.1, 0.15) is 31.4 Å². The van der Waals surface area contributed by atoms with Crippen molar-refractivity contribution >= 4 is 11.6 Å². The predicted molar refractivity (Wildman–Crippen MR) is 71.4 cm³/mol. The highest BCUT2D eigenvalue weighted by atomic mass is 35.5. The monoisotopic (exact) mass is 271 g/mol. The molecule has 100 valence electrons. The van der Waals surface area contributed by atoms with E-state index in [2.05, 4.69) is 12.2 Å². The van der Waals surface area contributed by atoms with E-state index >= 15 is 0 Å². The molecular weight excluding hydrogens is 253 g/mol. The van der Waals surface area contributed by atoms with Gasteiger partial charge in [0.15, 0.2) is 0 Å². The third-order valence-corrected chi connectivity index (χ3v) is 3.76. The zero-order valence-electron chi connectivity index (χ0n) is 10.6. The first-order chi connectivity index (χ1) is 8.66. The van der Waals surface area contributed by atoms with Crippen LogP contribution in [0.5, 0.6) is 0 Å². The molecule has 2 nitrogen and oxygen atoms in total. The second-order valence-corrected chi connectivity index (χ2v) is 5.27. The summed E-state index contributed by atoms with van der Waals surface area (Å²) in [5.74, 6) is 0.317. The highest BCUT2D eigenvalue weighted by Crippen LogP contribution is 2.21. The van der Waals surface area contributed by atoms with Crippen molar-refractivity contribution in [3.8, 4) is 0 Å². The minimum atomic E-state index is -0.365. The van der Waals surface area contributed by atoms with E-state index in [0.29, 0.717) is 5.92 Å². The van der Waals surface area contributed by atoms with Crippen LogP contribution in [0.25, 0.3) is 0 Å². The first kappa shape index (κ1) is 13.8. The lowest BCUT2D eigenvalue weighted by atomic mass is 10.0. The van der Waals surface area contributed by atoms with Crippen LogP contribution in [-0.2, 0) is 4.74 Å². The molecule has 0 aromatic heterocycles. The fourth-order valence-electron chi connectivity index (χ4n) is 2.21. The van der Waals surface area contributed by atoms with Crippen LogP contribution in [0, 0.1) is 11.7 Å². The number of nitrogens with one attached hydrogen (secondary N) is 1. The third kappa shape index (κ3) is 3.67. The predicted octanol–water partition coefficient (Wildman–Crippen LogP) is 3.56. The van der Waals surface area contributed by atoms with Crippen LogP contribution >= 0.6 is 11.6 Å². The number of ether oxygens (including phenoxy) is 1. The third-order valence-electron chi connectivity index (χ3n) is 3.47. The van der Waals surface area contributed by atoms with E-state index in [0.717, 1.165) is 31.7 Å². The van der Waals surface area contributed by atoms with E-state index in [1.165, 1.54) is 12.5 Å². The highest BCUT2D eigenvalue weighted by Gasteiger charge is 2.15. The lowest BCUT2D eigenvalue weighted by Crippen LogP contribution is -2.22. The summed E-state index contributed by atoms with van der Waals surface area (Å²) >= 11 is 5.78. The lowest BCUT2D eigenvalue weighted by molar-refractivity contribution is 0.184. The van der Waals surface area contributed by atoms with Gasteiger partial charge >= 0.3 is 0 Å². The highest BCUT2D eigenvalue weighted by molar-refractivity contribution is 6.30. The molecule has 1 saturated heterocycles. The minimum Gasteiger partial charge on any atom is -0.381 e. The van der Waals surface area contributed by atoms with E-state index in [4.69, 9.17) is 16.3 Å². The van der Waals surface area contributed by atoms with Gasteiger partial charge in [0.2, 0.25) is 0 Å². The van der Waals surface area contributed by atoms with Crippen LogP contribution in [-0.4, -0.2) is 19.8 Å². The van der Waals surface area contributed by atoms with Gasteiger partial charge in [0, 0.05) is 19.3 Å². The lowest BCUT2D eigenvalue weighted by Gasteiger charge is -2.16. The van der Waals surface area contributed by atoms with E-state index in [9.17, 15) is 4.39 Å². The van der Waals surface area contributed by atoms with E-state index in [1.807, 2.05) is 0 Å². The van der Waals surface area contributed by atoms with E-state index < -0.39 is 0 Å². The molecule has 1 aromatic carbocycles. The summed E-state index contributed by atoms with van der Waals surface area (Å²) in [5, 5.41) is 3.62. The molecule has 2 atom stereocenters. The van der Waals surface area contributed by atoms with Crippen molar-refractivity contribution in [2.24, 2.45) is 5.92 Å². The first-order valence-electron chi connectivity index (χ1n) is 6.43. The van der Waals surface area contributed by atoms with Gasteiger partial charge in [-0.2, -0.15) is 0 Å². The SMILES string of the molecule is CC(NCCC1CCOC1)c1ccc(F)c(Cl)c1. The summed E-state index contributed by atoms with van der Waals surface area (Å²) in [7, 11) is 0. The van der Waals surface area contributed by atoms with Crippen LogP contribution in [0.2, 0.25) is 5.02 Å². The largest absolute Gasteiger partial charge is 0.381 e. The zero-order chi connectivity index (χ0) is 13.0. The van der Waals surface area contributed by atoms with Gasteiger partial charge in [0.1, 0.15) is 5.82 Å². The summed E-state index contributed by atoms with van der Waals surface area (Å²) in [6.45, 7) is 4.80. The fraction of sp³-hybridized carbons (Fsp3) is 0.571. The summed E-state index contributed by atoms with van der Waals surface area (Å²) in [6, 6.07) is 5.07. The molecule has 0 bridgehead atoms. The van der Waals surface area contributed by atoms with Crippen LogP contribution in [0.4, 0.5) is 4.39 Å². The van der Waals surface area contributed by atoms with Gasteiger partial charge < -0.3 is 10.1 Å². The molecule has 4 heteroatoms. The second kappa shape index (κ2) is 6.50. The van der Waals surface area contributed by atoms with Crippen molar-refractivity contribution in [2.45, 2.75) is 25.8 Å². The molecule has 1 N–H and O–H groups in total. The zero-order valence-corrected chi connectivity index (χ0v) is 11.3. The van der Waals surface area contributed by atoms with Gasteiger partial charge in [-0.3, -0.25) is 0 Å². The average molecular weight is 272 g/mol. The maximum atomic E-state index is 13.1.